The van der Waals surface area contributed by atoms with E-state index < -0.39 is 6.10 Å². The second-order valence-electron chi connectivity index (χ2n) is 6.54. The molecule has 0 radical (unpaired) electrons. The molecule has 6 heteroatoms. The summed E-state index contributed by atoms with van der Waals surface area (Å²) in [7, 11) is 0. The van der Waals surface area contributed by atoms with Gasteiger partial charge in [0.25, 0.3) is 0 Å². The number of ketones is 1. The molecule has 1 heterocycles. The molecule has 0 aliphatic rings. The molecule has 3 aromatic rings. The molecule has 5 nitrogen and oxygen atoms in total. The molecule has 2 aromatic carbocycles. The molecule has 0 aliphatic carbocycles. The minimum Gasteiger partial charge on any atom is -0.387 e. The van der Waals surface area contributed by atoms with Crippen LogP contribution < -0.4 is 10.6 Å². The van der Waals surface area contributed by atoms with E-state index in [1.165, 1.54) is 11.3 Å². The maximum absolute atomic E-state index is 12.5. The lowest BCUT2D eigenvalue weighted by atomic mass is 10.0. The lowest BCUT2D eigenvalue weighted by Crippen LogP contribution is -2.37. The predicted octanol–water partition coefficient (Wildman–Crippen LogP) is 4.61. The molecule has 2 unspecified atom stereocenters. The highest BCUT2D eigenvalue weighted by atomic mass is 32.1. The molecule has 28 heavy (non-hydrogen) atoms. The number of carbonyl (C=O) groups excluding carboxylic acids is 2. The van der Waals surface area contributed by atoms with Gasteiger partial charge in [0.1, 0.15) is 0 Å². The van der Waals surface area contributed by atoms with Crippen LogP contribution in [0.4, 0.5) is 10.5 Å². The summed E-state index contributed by atoms with van der Waals surface area (Å²) in [4.78, 5) is 25.7. The first-order valence-corrected chi connectivity index (χ1v) is 9.89. The van der Waals surface area contributed by atoms with Crippen molar-refractivity contribution in [1.29, 1.82) is 0 Å². The first kappa shape index (κ1) is 19.8. The molecule has 3 rings (SSSR count). The van der Waals surface area contributed by atoms with E-state index in [0.717, 1.165) is 4.88 Å². The molecule has 2 atom stereocenters. The van der Waals surface area contributed by atoms with Crippen molar-refractivity contribution in [2.24, 2.45) is 0 Å². The Kier molecular flexibility index (Phi) is 6.57. The third-order valence-electron chi connectivity index (χ3n) is 4.24. The van der Waals surface area contributed by atoms with Crippen molar-refractivity contribution in [3.8, 4) is 0 Å². The summed E-state index contributed by atoms with van der Waals surface area (Å²) < 4.78 is 0. The van der Waals surface area contributed by atoms with Crippen LogP contribution in [0.25, 0.3) is 0 Å². The molecule has 0 spiro atoms. The smallest absolute Gasteiger partial charge is 0.319 e. The summed E-state index contributed by atoms with van der Waals surface area (Å²) in [5.41, 5.74) is 1.63. The fraction of sp³-hybridized carbons (Fsp3) is 0.182. The van der Waals surface area contributed by atoms with Crippen LogP contribution in [-0.4, -0.2) is 23.0 Å². The third kappa shape index (κ3) is 5.28. The van der Waals surface area contributed by atoms with Crippen molar-refractivity contribution in [2.75, 3.05) is 5.32 Å². The van der Waals surface area contributed by atoms with E-state index in [1.807, 2.05) is 42.6 Å². The first-order valence-electron chi connectivity index (χ1n) is 9.01. The van der Waals surface area contributed by atoms with Gasteiger partial charge >= 0.3 is 6.03 Å². The Morgan fingerprint density at radius 1 is 1.00 bits per heavy atom. The van der Waals surface area contributed by atoms with Crippen molar-refractivity contribution < 1.29 is 14.7 Å². The molecule has 3 N–H and O–H groups in total. The summed E-state index contributed by atoms with van der Waals surface area (Å²) in [5, 5.41) is 17.7. The zero-order chi connectivity index (χ0) is 19.9. The molecule has 1 aromatic heterocycles. The summed E-state index contributed by atoms with van der Waals surface area (Å²) in [6, 6.07) is 19.0. The molecule has 0 bridgehead atoms. The number of hydrogen-bond acceptors (Lipinski definition) is 4. The van der Waals surface area contributed by atoms with E-state index in [2.05, 4.69) is 10.6 Å². The van der Waals surface area contributed by atoms with E-state index in [1.54, 1.807) is 36.4 Å². The standard InChI is InChI=1S/C22H22N2O3S/c1-15(13-19(25)20-11-6-12-28-20)23-22(27)24-18-10-5-9-17(14-18)21(26)16-7-3-2-4-8-16/h2-12,14-15,19,25H,13H2,1H3,(H2,23,24,27). The van der Waals surface area contributed by atoms with E-state index >= 15 is 0 Å². The molecule has 144 valence electrons. The maximum atomic E-state index is 12.5. The molecule has 0 aliphatic heterocycles. The van der Waals surface area contributed by atoms with Crippen molar-refractivity contribution >= 4 is 28.8 Å². The number of aliphatic hydroxyl groups is 1. The Balaban J connectivity index is 1.57. The largest absolute Gasteiger partial charge is 0.387 e. The molecule has 0 saturated heterocycles. The second kappa shape index (κ2) is 9.30. The summed E-state index contributed by atoms with van der Waals surface area (Å²) in [6.45, 7) is 1.84. The minimum absolute atomic E-state index is 0.0999. The number of aliphatic hydroxyl groups excluding tert-OH is 1. The highest BCUT2D eigenvalue weighted by molar-refractivity contribution is 7.10. The SMILES string of the molecule is CC(CC(O)c1cccs1)NC(=O)Nc1cccc(C(=O)c2ccccc2)c1. The van der Waals surface area contributed by atoms with Gasteiger partial charge in [0.2, 0.25) is 0 Å². The van der Waals surface area contributed by atoms with Crippen LogP contribution >= 0.6 is 11.3 Å². The zero-order valence-electron chi connectivity index (χ0n) is 15.5. The summed E-state index contributed by atoms with van der Waals surface area (Å²) in [5.74, 6) is -0.0999. The van der Waals surface area contributed by atoms with Crippen LogP contribution in [0.2, 0.25) is 0 Å². The summed E-state index contributed by atoms with van der Waals surface area (Å²) >= 11 is 1.49. The maximum Gasteiger partial charge on any atom is 0.319 e. The van der Waals surface area contributed by atoms with Crippen molar-refractivity contribution in [3.05, 3.63) is 88.1 Å². The lowest BCUT2D eigenvalue weighted by molar-refractivity contribution is 0.103. The van der Waals surface area contributed by atoms with Crippen molar-refractivity contribution in [2.45, 2.75) is 25.5 Å². The van der Waals surface area contributed by atoms with Gasteiger partial charge in [0.15, 0.2) is 5.78 Å². The van der Waals surface area contributed by atoms with Gasteiger partial charge in [-0.15, -0.1) is 11.3 Å². The molecular formula is C22H22N2O3S. The topological polar surface area (TPSA) is 78.4 Å². The third-order valence-corrected chi connectivity index (χ3v) is 5.22. The van der Waals surface area contributed by atoms with Gasteiger partial charge in [-0.05, 0) is 36.9 Å². The highest BCUT2D eigenvalue weighted by Crippen LogP contribution is 2.23. The van der Waals surface area contributed by atoms with Gasteiger partial charge in [-0.25, -0.2) is 4.79 Å². The average molecular weight is 394 g/mol. The average Bonchev–Trinajstić information content (AvgIpc) is 3.23. The Morgan fingerprint density at radius 2 is 1.75 bits per heavy atom. The van der Waals surface area contributed by atoms with Gasteiger partial charge in [-0.1, -0.05) is 48.5 Å². The Morgan fingerprint density at radius 3 is 2.46 bits per heavy atom. The van der Waals surface area contributed by atoms with Crippen LogP contribution in [0.1, 0.15) is 40.2 Å². The Labute approximate surface area is 168 Å². The zero-order valence-corrected chi connectivity index (χ0v) is 16.3. The number of benzene rings is 2. The minimum atomic E-state index is -0.609. The molecule has 0 fully saturated rings. The van der Waals surface area contributed by atoms with E-state index in [-0.39, 0.29) is 17.9 Å². The van der Waals surface area contributed by atoms with E-state index in [4.69, 9.17) is 0 Å². The normalized spacial score (nSPS) is 12.8. The van der Waals surface area contributed by atoms with Gasteiger partial charge in [0.05, 0.1) is 6.10 Å². The fourth-order valence-electron chi connectivity index (χ4n) is 2.88. The Hall–Kier alpha value is -2.96. The van der Waals surface area contributed by atoms with Crippen LogP contribution in [0.5, 0.6) is 0 Å². The number of thiophene rings is 1. The number of amides is 2. The van der Waals surface area contributed by atoms with Gasteiger partial charge in [-0.2, -0.15) is 0 Å². The van der Waals surface area contributed by atoms with E-state index in [9.17, 15) is 14.7 Å². The second-order valence-corrected chi connectivity index (χ2v) is 7.52. The van der Waals surface area contributed by atoms with Gasteiger partial charge in [0, 0.05) is 27.7 Å². The van der Waals surface area contributed by atoms with Gasteiger partial charge < -0.3 is 15.7 Å². The highest BCUT2D eigenvalue weighted by Gasteiger charge is 2.16. The van der Waals surface area contributed by atoms with Crippen LogP contribution in [-0.2, 0) is 0 Å². The number of urea groups is 1. The summed E-state index contributed by atoms with van der Waals surface area (Å²) in [6.07, 6.45) is -0.192. The van der Waals surface area contributed by atoms with Crippen LogP contribution in [0.3, 0.4) is 0 Å². The molecule has 0 saturated carbocycles. The number of carbonyl (C=O) groups is 2. The lowest BCUT2D eigenvalue weighted by Gasteiger charge is -2.17. The van der Waals surface area contributed by atoms with Crippen LogP contribution in [0, 0.1) is 0 Å². The fourth-order valence-corrected chi connectivity index (χ4v) is 3.60. The number of nitrogens with one attached hydrogen (secondary N) is 2. The number of anilines is 1. The number of hydrogen-bond donors (Lipinski definition) is 3. The first-order chi connectivity index (χ1) is 13.5. The monoisotopic (exact) mass is 394 g/mol. The molecular weight excluding hydrogens is 372 g/mol. The number of rotatable bonds is 7. The quantitative estimate of drug-likeness (QED) is 0.512. The van der Waals surface area contributed by atoms with Gasteiger partial charge in [-0.3, -0.25) is 4.79 Å². The Bertz CT molecular complexity index is 926. The van der Waals surface area contributed by atoms with Crippen LogP contribution in [0.15, 0.2) is 72.1 Å². The van der Waals surface area contributed by atoms with Crippen molar-refractivity contribution in [1.82, 2.24) is 5.32 Å². The predicted molar refractivity (Wildman–Crippen MR) is 112 cm³/mol. The van der Waals surface area contributed by atoms with Crippen molar-refractivity contribution in [3.63, 3.8) is 0 Å². The van der Waals surface area contributed by atoms with E-state index in [0.29, 0.717) is 23.2 Å². The molecule has 2 amide bonds.